The largest absolute Gasteiger partial charge is 0.389 e. The van der Waals surface area contributed by atoms with E-state index in [4.69, 9.17) is 65.7 Å². The van der Waals surface area contributed by atoms with Gasteiger partial charge in [-0.15, -0.1) is 0 Å². The van der Waals surface area contributed by atoms with Gasteiger partial charge in [0.1, 0.15) is 18.2 Å². The number of nitrogens with two attached hydrogens (primary N) is 4. The molecule has 4 aliphatic carbocycles. The second-order valence-electron chi connectivity index (χ2n) is 36.0. The van der Waals surface area contributed by atoms with Crippen LogP contribution in [-0.2, 0) is 50.8 Å². The second kappa shape index (κ2) is 36.4. The smallest absolute Gasteiger partial charge is 0.261 e. The number of methoxy groups -OCH3 is 1. The third-order valence-corrected chi connectivity index (χ3v) is 25.7. The van der Waals surface area contributed by atoms with E-state index in [1.54, 1.807) is 113 Å². The Morgan fingerprint density at radius 3 is 1.02 bits per heavy atom. The molecule has 2 unspecified atom stereocenters. The lowest BCUT2D eigenvalue weighted by atomic mass is 9.76. The van der Waals surface area contributed by atoms with Gasteiger partial charge < -0.3 is 55.8 Å². The number of likely N-dealkylation sites (N-methyl/N-ethyl adjacent to an activating group) is 1. The van der Waals surface area contributed by atoms with Gasteiger partial charge in [0.2, 0.25) is 17.8 Å². The van der Waals surface area contributed by atoms with Gasteiger partial charge in [-0.3, -0.25) is 23.8 Å². The summed E-state index contributed by atoms with van der Waals surface area (Å²) in [4.78, 5) is 61.8. The Kier molecular flexibility index (Phi) is 24.6. The van der Waals surface area contributed by atoms with Crippen LogP contribution in [0.4, 0.5) is 23.5 Å². The third kappa shape index (κ3) is 19.2. The lowest BCUT2D eigenvalue weighted by Crippen LogP contribution is -2.28. The van der Waals surface area contributed by atoms with Gasteiger partial charge in [-0.05, 0) is 217 Å². The number of carbonyl (C=O) groups excluding carboxylic acids is 1. The summed E-state index contributed by atoms with van der Waals surface area (Å²) >= 11 is 0. The van der Waals surface area contributed by atoms with Crippen LogP contribution in [0.25, 0.3) is 90.3 Å². The number of hydrogen-bond acceptors (Lipinski definition) is 29. The first-order chi connectivity index (χ1) is 63.0. The van der Waals surface area contributed by atoms with Crippen LogP contribution < -0.4 is 22.9 Å². The number of benzene rings is 4. The first-order valence-electron chi connectivity index (χ1n) is 43.8. The van der Waals surface area contributed by atoms with Crippen LogP contribution >= 0.6 is 0 Å². The van der Waals surface area contributed by atoms with Crippen molar-refractivity contribution < 1.29 is 32.7 Å². The maximum atomic E-state index is 12.0. The first kappa shape index (κ1) is 88.3. The maximum absolute atomic E-state index is 12.0. The van der Waals surface area contributed by atoms with E-state index >= 15 is 0 Å². The van der Waals surface area contributed by atoms with Crippen molar-refractivity contribution in [1.82, 2.24) is 110 Å². The summed E-state index contributed by atoms with van der Waals surface area (Å²) in [6, 6.07) is 41.9. The third-order valence-electron chi connectivity index (χ3n) is 25.7. The first-order valence-corrected chi connectivity index (χ1v) is 43.8. The molecule has 9 N–H and O–H groups in total. The van der Waals surface area contributed by atoms with Crippen molar-refractivity contribution >= 4 is 29.4 Å². The number of pyridine rings is 3. The molecule has 4 atom stereocenters. The fourth-order valence-corrected chi connectivity index (χ4v) is 16.7. The van der Waals surface area contributed by atoms with Crippen LogP contribution in [0.2, 0.25) is 0 Å². The number of aryl methyl sites for hydroxylation is 3. The quantitative estimate of drug-likeness (QED) is 0.0319. The Hall–Kier alpha value is -14.7. The number of ether oxygens (including phenoxy) is 1. The van der Waals surface area contributed by atoms with Crippen LogP contribution in [-0.4, -0.2) is 154 Å². The van der Waals surface area contributed by atoms with Crippen molar-refractivity contribution in [3.63, 3.8) is 0 Å². The molecule has 1 amide bonds. The Bertz CT molecular complexity index is 6640. The molecule has 0 bridgehead atoms. The summed E-state index contributed by atoms with van der Waals surface area (Å²) in [7, 11) is 5.11. The number of aliphatic hydroxyl groups is 1. The molecule has 12 heterocycles. The van der Waals surface area contributed by atoms with Crippen molar-refractivity contribution in [2.45, 2.75) is 161 Å². The molecular weight excluding hydrogens is 1650 g/mol. The number of aromatic nitrogens is 21. The van der Waals surface area contributed by atoms with E-state index in [2.05, 4.69) is 208 Å². The maximum Gasteiger partial charge on any atom is 0.261 e. The van der Waals surface area contributed by atoms with Gasteiger partial charge >= 0.3 is 0 Å². The molecule has 0 aliphatic heterocycles. The Labute approximate surface area is 757 Å². The van der Waals surface area contributed by atoms with E-state index in [0.29, 0.717) is 107 Å². The van der Waals surface area contributed by atoms with E-state index < -0.39 is 5.60 Å². The van der Waals surface area contributed by atoms with Gasteiger partial charge in [-0.25, -0.2) is 29.9 Å². The van der Waals surface area contributed by atoms with E-state index in [1.165, 1.54) is 10.5 Å². The number of nitrogens with zero attached hydrogens (tertiary/aromatic N) is 22. The molecule has 0 saturated heterocycles. The molecule has 4 aromatic carbocycles. The normalized spacial score (nSPS) is 15.5. The van der Waals surface area contributed by atoms with Crippen LogP contribution in [0.5, 0.6) is 0 Å². The molecule has 16 aromatic rings. The minimum absolute atomic E-state index is 0.0412. The summed E-state index contributed by atoms with van der Waals surface area (Å²) in [6.45, 7) is 19.9. The Morgan fingerprint density at radius 2 is 0.702 bits per heavy atom. The van der Waals surface area contributed by atoms with Crippen LogP contribution in [0.15, 0.2) is 220 Å². The summed E-state index contributed by atoms with van der Waals surface area (Å²) < 4.78 is 32.7. The summed E-state index contributed by atoms with van der Waals surface area (Å²) in [5, 5.41) is 40.5. The molecule has 4 aliphatic rings. The average Bonchev–Trinajstić information content (AvgIpc) is 1.62. The predicted octanol–water partition coefficient (Wildman–Crippen LogP) is 15.6. The second-order valence-corrected chi connectivity index (χ2v) is 36.0. The van der Waals surface area contributed by atoms with E-state index in [-0.39, 0.29) is 46.0 Å². The fraction of sp³-hybridized carbons (Fsp3) is 0.337. The molecule has 131 heavy (non-hydrogen) atoms. The molecule has 670 valence electrons. The average molecular weight is 1760 g/mol. The number of amides is 1. The zero-order valence-electron chi connectivity index (χ0n) is 75.4. The van der Waals surface area contributed by atoms with Crippen molar-refractivity contribution in [3.05, 3.63) is 264 Å². The molecule has 33 heteroatoms. The highest BCUT2D eigenvalue weighted by atomic mass is 16.5. The highest BCUT2D eigenvalue weighted by molar-refractivity contribution is 5.75. The molecule has 0 radical (unpaired) electrons. The van der Waals surface area contributed by atoms with Crippen LogP contribution in [0, 0.1) is 44.4 Å². The van der Waals surface area contributed by atoms with E-state index in [1.807, 2.05) is 50.0 Å². The van der Waals surface area contributed by atoms with E-state index in [9.17, 15) is 9.90 Å². The molecule has 12 aromatic heterocycles. The number of anilines is 4. The summed E-state index contributed by atoms with van der Waals surface area (Å²) in [5.41, 5.74) is 39.4. The highest BCUT2D eigenvalue weighted by Gasteiger charge is 2.51. The van der Waals surface area contributed by atoms with E-state index in [0.717, 1.165) is 146 Å². The van der Waals surface area contributed by atoms with Gasteiger partial charge in [0.05, 0.1) is 87.8 Å². The number of nitrogen functional groups attached to an aromatic ring is 4. The lowest BCUT2D eigenvalue weighted by molar-refractivity contribution is -0.129. The SMILES string of the molecule is COCCn1cc(-c2nc(C(C)(c3ccc(-c4cnc(N)nc4)cc3)C3CC3)no2)cn1.Cc1cc(-c2ccc([C@](C)(c3noc(-c4cnn(CC(=O)N(C)C)c4)n3)C3CC3)cc2)cnc1N.Cc1cc(-c2ccc([C@](C)(c3noc(-c4cnn(CC(C)(C)O)c4)n3)C3CC3)cc2)cnc1N.Cc1ccc(-c2nc(C(C)(c3ccc(-c4cnc(N)nc4)cc3)C3CC3)no2)cn1. The summed E-state index contributed by atoms with van der Waals surface area (Å²) in [5.74, 6) is 8.03. The topological polar surface area (TPSA) is 453 Å². The van der Waals surface area contributed by atoms with Crippen molar-refractivity contribution in [1.29, 1.82) is 0 Å². The van der Waals surface area contributed by atoms with Crippen molar-refractivity contribution in [2.24, 2.45) is 23.7 Å². The Balaban J connectivity index is 0.000000122. The van der Waals surface area contributed by atoms with Gasteiger partial charge in [-0.1, -0.05) is 118 Å². The van der Waals surface area contributed by atoms with Crippen LogP contribution in [0.1, 0.15) is 155 Å². The summed E-state index contributed by atoms with van der Waals surface area (Å²) in [6.07, 6.45) is 31.9. The minimum atomic E-state index is -0.860. The zero-order valence-corrected chi connectivity index (χ0v) is 75.4. The number of hydrogen-bond donors (Lipinski definition) is 5. The van der Waals surface area contributed by atoms with Gasteiger partial charge in [-0.2, -0.15) is 35.2 Å². The van der Waals surface area contributed by atoms with Crippen molar-refractivity contribution in [2.75, 3.05) is 50.7 Å². The Morgan fingerprint density at radius 1 is 0.397 bits per heavy atom. The number of rotatable bonds is 27. The van der Waals surface area contributed by atoms with Gasteiger partial charge in [0.15, 0.2) is 23.3 Å². The molecule has 0 spiro atoms. The molecular formula is C98H106N26O7. The highest BCUT2D eigenvalue weighted by Crippen LogP contribution is 2.55. The lowest BCUT2D eigenvalue weighted by Gasteiger charge is -2.27. The minimum Gasteiger partial charge on any atom is -0.389 e. The predicted molar refractivity (Wildman–Crippen MR) is 494 cm³/mol. The van der Waals surface area contributed by atoms with Gasteiger partial charge in [0.25, 0.3) is 23.6 Å². The monoisotopic (exact) mass is 1760 g/mol. The fourth-order valence-electron chi connectivity index (χ4n) is 16.7. The van der Waals surface area contributed by atoms with Crippen LogP contribution in [0.3, 0.4) is 0 Å². The molecule has 33 nitrogen and oxygen atoms in total. The van der Waals surface area contributed by atoms with Crippen molar-refractivity contribution in [3.8, 4) is 90.3 Å². The molecule has 4 fully saturated rings. The van der Waals surface area contributed by atoms with Gasteiger partial charge in [0, 0.05) is 111 Å². The number of carbonyl (C=O) groups is 1. The zero-order chi connectivity index (χ0) is 91.7. The molecule has 20 rings (SSSR count). The molecule has 4 saturated carbocycles. The standard InChI is InChI=1S/C26H29N7O2.C26H30N6O2.C23H25N7O2.C23H22N6O/c1-16-11-18(12-28-23(16)27)17-5-7-20(8-6-17)26(2,21-9-10-21)25-30-24(35-31-25)19-13-29-33(14-19)15-22(34)32(3)4;1-16-11-18(12-28-22(16)27)17-5-7-20(8-6-17)26(4,21-9-10-21)24-30-23(34-31-24)19-13-29-32(14-19)15-25(2,3)33;1-23(19-7-8-19,18-5-3-15(4-6-18)16-11-25-22(24)26-12-16)21-28-20(32-29-21)17-13-27-30(14-17)9-10-31-2;1-14-3-4-16(11-25-14)20-28-21(29-30-20)23(2,19-9-10-19)18-7-5-15(6-8-18)17-12-26-22(24)27-13-17/h5-8,11-14,21H,9-10,15H2,1-4H3,(H2,27,28);5-8,11-14,21,33H,9-10,15H2,1-4H3,(H2,27,28);3-6,11-14,19H,7-10H2,1-2H3,(H2,24,25,26);3-8,11-13,19H,9-10H2,1-2H3,(H2,24,26,27)/t2*26-;;/m00../s1.